The van der Waals surface area contributed by atoms with E-state index in [1.54, 1.807) is 12.3 Å². The summed E-state index contributed by atoms with van der Waals surface area (Å²) in [5.74, 6) is 0.390. The van der Waals surface area contributed by atoms with E-state index in [1.807, 2.05) is 0 Å². The first kappa shape index (κ1) is 14.4. The van der Waals surface area contributed by atoms with Crippen LogP contribution in [0.2, 0.25) is 5.02 Å². The van der Waals surface area contributed by atoms with Crippen molar-refractivity contribution in [2.45, 2.75) is 31.0 Å². The number of aromatic nitrogens is 2. The predicted octanol–water partition coefficient (Wildman–Crippen LogP) is 4.00. The quantitative estimate of drug-likeness (QED) is 0.929. The number of aliphatic hydroxyl groups is 1. The molecule has 3 rings (SSSR count). The number of alkyl halides is 3. The fourth-order valence-electron chi connectivity index (χ4n) is 2.19. The Morgan fingerprint density at radius 2 is 2.00 bits per heavy atom. The molecule has 0 amide bonds. The van der Waals surface area contributed by atoms with Gasteiger partial charge in [-0.25, -0.2) is 4.68 Å². The van der Waals surface area contributed by atoms with Crippen LogP contribution in [-0.2, 0) is 0 Å². The molecule has 3 nitrogen and oxygen atoms in total. The molecule has 0 spiro atoms. The summed E-state index contributed by atoms with van der Waals surface area (Å²) in [6.07, 6.45) is -3.63. The van der Waals surface area contributed by atoms with E-state index in [0.717, 1.165) is 18.5 Å². The van der Waals surface area contributed by atoms with Gasteiger partial charge in [-0.1, -0.05) is 17.7 Å². The lowest BCUT2D eigenvalue weighted by molar-refractivity contribution is -0.206. The van der Waals surface area contributed by atoms with Crippen LogP contribution in [0.5, 0.6) is 0 Å². The van der Waals surface area contributed by atoms with Gasteiger partial charge in [0.2, 0.25) is 0 Å². The van der Waals surface area contributed by atoms with Crippen molar-refractivity contribution in [2.75, 3.05) is 0 Å². The lowest BCUT2D eigenvalue weighted by atomic mass is 10.1. The van der Waals surface area contributed by atoms with Crippen molar-refractivity contribution in [3.63, 3.8) is 0 Å². The van der Waals surface area contributed by atoms with Gasteiger partial charge in [0.15, 0.2) is 6.10 Å². The van der Waals surface area contributed by atoms with Crippen molar-refractivity contribution in [2.24, 2.45) is 0 Å². The third kappa shape index (κ3) is 2.91. The van der Waals surface area contributed by atoms with Gasteiger partial charge in [0.05, 0.1) is 11.4 Å². The summed E-state index contributed by atoms with van der Waals surface area (Å²) < 4.78 is 39.6. The van der Waals surface area contributed by atoms with E-state index in [2.05, 4.69) is 5.10 Å². The van der Waals surface area contributed by atoms with Crippen molar-refractivity contribution in [3.8, 4) is 5.69 Å². The van der Waals surface area contributed by atoms with Crippen LogP contribution in [0.4, 0.5) is 13.2 Å². The third-order valence-corrected chi connectivity index (χ3v) is 3.68. The van der Waals surface area contributed by atoms with Gasteiger partial charge in [-0.05, 0) is 31.0 Å². The second-order valence-electron chi connectivity index (χ2n) is 5.11. The maximum atomic E-state index is 12.8. The second-order valence-corrected chi connectivity index (χ2v) is 5.54. The summed E-state index contributed by atoms with van der Waals surface area (Å²) in [4.78, 5) is 0. The fourth-order valence-corrected chi connectivity index (χ4v) is 2.36. The summed E-state index contributed by atoms with van der Waals surface area (Å²) in [5.41, 5.74) is 0.721. The average molecular weight is 317 g/mol. The molecule has 0 radical (unpaired) electrons. The van der Waals surface area contributed by atoms with Gasteiger partial charge in [-0.15, -0.1) is 0 Å². The molecule has 1 aromatic carbocycles. The van der Waals surface area contributed by atoms with E-state index in [-0.39, 0.29) is 16.3 Å². The molecule has 1 fully saturated rings. The van der Waals surface area contributed by atoms with Crippen LogP contribution >= 0.6 is 11.6 Å². The Morgan fingerprint density at radius 1 is 1.29 bits per heavy atom. The molecule has 7 heteroatoms. The van der Waals surface area contributed by atoms with Crippen LogP contribution in [0.15, 0.2) is 30.5 Å². The van der Waals surface area contributed by atoms with Crippen LogP contribution in [0.3, 0.4) is 0 Å². The molecule has 2 aromatic rings. The summed E-state index contributed by atoms with van der Waals surface area (Å²) in [5, 5.41) is 14.1. The van der Waals surface area contributed by atoms with E-state index >= 15 is 0 Å². The largest absolute Gasteiger partial charge is 0.418 e. The summed E-state index contributed by atoms with van der Waals surface area (Å²) in [6.45, 7) is 0. The average Bonchev–Trinajstić information content (AvgIpc) is 3.15. The Hall–Kier alpha value is -1.53. The summed E-state index contributed by atoms with van der Waals surface area (Å²) in [7, 11) is 0. The van der Waals surface area contributed by atoms with Crippen molar-refractivity contribution in [3.05, 3.63) is 46.7 Å². The van der Waals surface area contributed by atoms with Gasteiger partial charge in [-0.3, -0.25) is 0 Å². The molecule has 1 heterocycles. The highest BCUT2D eigenvalue weighted by atomic mass is 35.5. The molecule has 1 unspecified atom stereocenters. The maximum absolute atomic E-state index is 12.8. The molecule has 0 bridgehead atoms. The van der Waals surface area contributed by atoms with Gasteiger partial charge >= 0.3 is 6.18 Å². The molecule has 1 aliphatic rings. The SMILES string of the molecule is OC(c1ccc(Cl)cc1-n1ccc(C2CC2)n1)C(F)(F)F. The van der Waals surface area contributed by atoms with E-state index in [1.165, 1.54) is 22.9 Å². The summed E-state index contributed by atoms with van der Waals surface area (Å²) in [6, 6.07) is 5.65. The third-order valence-electron chi connectivity index (χ3n) is 3.45. The first-order valence-electron chi connectivity index (χ1n) is 6.46. The molecule has 0 aliphatic heterocycles. The minimum atomic E-state index is -4.74. The molecule has 1 atom stereocenters. The molecule has 1 aliphatic carbocycles. The first-order valence-corrected chi connectivity index (χ1v) is 6.84. The van der Waals surface area contributed by atoms with Crippen molar-refractivity contribution in [1.82, 2.24) is 9.78 Å². The topological polar surface area (TPSA) is 38.0 Å². The standard InChI is InChI=1S/C14H12ClF3N2O/c15-9-3-4-10(13(21)14(16,17)18)12(7-9)20-6-5-11(19-20)8-1-2-8/h3-8,13,21H,1-2H2. The summed E-state index contributed by atoms with van der Waals surface area (Å²) >= 11 is 5.86. The molecule has 112 valence electrons. The molecule has 0 saturated heterocycles. The number of benzene rings is 1. The van der Waals surface area contributed by atoms with Crippen molar-refractivity contribution >= 4 is 11.6 Å². The predicted molar refractivity (Wildman–Crippen MR) is 71.6 cm³/mol. The maximum Gasteiger partial charge on any atom is 0.418 e. The fraction of sp³-hybridized carbons (Fsp3) is 0.357. The Balaban J connectivity index is 2.04. The van der Waals surface area contributed by atoms with Gasteiger partial charge in [0.25, 0.3) is 0 Å². The van der Waals surface area contributed by atoms with Crippen LogP contribution < -0.4 is 0 Å². The van der Waals surface area contributed by atoms with E-state index in [0.29, 0.717) is 5.92 Å². The van der Waals surface area contributed by atoms with Crippen LogP contribution in [0.1, 0.15) is 36.1 Å². The highest BCUT2D eigenvalue weighted by molar-refractivity contribution is 6.30. The molecule has 1 N–H and O–H groups in total. The Bertz CT molecular complexity index is 664. The number of aliphatic hydroxyl groups excluding tert-OH is 1. The minimum Gasteiger partial charge on any atom is -0.379 e. The minimum absolute atomic E-state index is 0.138. The Kier molecular flexibility index (Phi) is 3.45. The zero-order valence-electron chi connectivity index (χ0n) is 10.8. The Morgan fingerprint density at radius 3 is 2.62 bits per heavy atom. The highest BCUT2D eigenvalue weighted by Crippen LogP contribution is 2.40. The van der Waals surface area contributed by atoms with Crippen molar-refractivity contribution < 1.29 is 18.3 Å². The lowest BCUT2D eigenvalue weighted by Gasteiger charge is -2.18. The van der Waals surface area contributed by atoms with Gasteiger partial charge in [0.1, 0.15) is 0 Å². The number of hydrogen-bond donors (Lipinski definition) is 1. The molecule has 21 heavy (non-hydrogen) atoms. The van der Waals surface area contributed by atoms with E-state index < -0.39 is 12.3 Å². The number of halogens is 4. The van der Waals surface area contributed by atoms with Crippen LogP contribution in [0.25, 0.3) is 5.69 Å². The number of nitrogens with zero attached hydrogens (tertiary/aromatic N) is 2. The Labute approximate surface area is 124 Å². The van der Waals surface area contributed by atoms with Crippen LogP contribution in [0, 0.1) is 0 Å². The van der Waals surface area contributed by atoms with Gasteiger partial charge in [0, 0.05) is 22.7 Å². The second kappa shape index (κ2) is 5.03. The molecule has 1 aromatic heterocycles. The van der Waals surface area contributed by atoms with Gasteiger partial charge in [-0.2, -0.15) is 18.3 Å². The van der Waals surface area contributed by atoms with Crippen molar-refractivity contribution in [1.29, 1.82) is 0 Å². The monoisotopic (exact) mass is 316 g/mol. The zero-order valence-corrected chi connectivity index (χ0v) is 11.6. The molecular weight excluding hydrogens is 305 g/mol. The first-order chi connectivity index (χ1) is 9.86. The molecule has 1 saturated carbocycles. The number of rotatable bonds is 3. The lowest BCUT2D eigenvalue weighted by Crippen LogP contribution is -2.22. The normalized spacial score (nSPS) is 17.0. The van der Waals surface area contributed by atoms with E-state index in [9.17, 15) is 18.3 Å². The number of hydrogen-bond acceptors (Lipinski definition) is 2. The molecular formula is C14H12ClF3N2O. The van der Waals surface area contributed by atoms with Gasteiger partial charge < -0.3 is 5.11 Å². The smallest absolute Gasteiger partial charge is 0.379 e. The van der Waals surface area contributed by atoms with E-state index in [4.69, 9.17) is 11.6 Å². The zero-order chi connectivity index (χ0) is 15.2. The highest BCUT2D eigenvalue weighted by Gasteiger charge is 2.41. The van der Waals surface area contributed by atoms with Crippen LogP contribution in [-0.4, -0.2) is 21.1 Å².